The molecule has 4 rings (SSSR count). The molecule has 0 bridgehead atoms. The minimum atomic E-state index is -0.252. The van der Waals surface area contributed by atoms with Gasteiger partial charge in [0, 0.05) is 17.3 Å². The lowest BCUT2D eigenvalue weighted by Gasteiger charge is -2.11. The van der Waals surface area contributed by atoms with Crippen LogP contribution in [0.1, 0.15) is 37.2 Å². The van der Waals surface area contributed by atoms with Gasteiger partial charge in [0.2, 0.25) is 5.89 Å². The van der Waals surface area contributed by atoms with Gasteiger partial charge in [-0.2, -0.15) is 0 Å². The summed E-state index contributed by atoms with van der Waals surface area (Å²) in [4.78, 5) is 21.9. The van der Waals surface area contributed by atoms with Crippen LogP contribution in [0.15, 0.2) is 52.2 Å². The summed E-state index contributed by atoms with van der Waals surface area (Å²) in [5.41, 5.74) is 3.08. The molecule has 0 spiro atoms. The lowest BCUT2D eigenvalue weighted by Crippen LogP contribution is -2.12. The van der Waals surface area contributed by atoms with Gasteiger partial charge >= 0.3 is 0 Å². The third-order valence-corrected chi connectivity index (χ3v) is 4.85. The van der Waals surface area contributed by atoms with Crippen molar-refractivity contribution in [3.8, 4) is 0 Å². The van der Waals surface area contributed by atoms with Crippen molar-refractivity contribution in [3.05, 3.63) is 54.2 Å². The van der Waals surface area contributed by atoms with Gasteiger partial charge in [0.15, 0.2) is 16.4 Å². The number of nitrogens with one attached hydrogen (secondary N) is 1. The maximum absolute atomic E-state index is 12.8. The number of oxazole rings is 1. The molecule has 1 amide bonds. The number of aromatic nitrogens is 3. The smallest absolute Gasteiger partial charge is 0.276 e. The Morgan fingerprint density at radius 2 is 2.00 bits per heavy atom. The van der Waals surface area contributed by atoms with Crippen LogP contribution in [0.3, 0.4) is 0 Å². The van der Waals surface area contributed by atoms with Crippen molar-refractivity contribution in [2.45, 2.75) is 31.3 Å². The molecule has 27 heavy (non-hydrogen) atoms. The number of benzene rings is 1. The molecule has 0 unspecified atom stereocenters. The summed E-state index contributed by atoms with van der Waals surface area (Å²) in [7, 11) is 0. The van der Waals surface area contributed by atoms with Crippen LogP contribution in [0, 0.1) is 0 Å². The van der Waals surface area contributed by atoms with E-state index in [2.05, 4.69) is 15.3 Å². The molecule has 0 saturated heterocycles. The number of thioether (sulfide) groups is 1. The fourth-order valence-corrected chi connectivity index (χ4v) is 3.38. The molecule has 1 N–H and O–H groups in total. The summed E-state index contributed by atoms with van der Waals surface area (Å²) in [6, 6.07) is 11.2. The Kier molecular flexibility index (Phi) is 4.19. The van der Waals surface area contributed by atoms with Crippen molar-refractivity contribution < 1.29 is 9.21 Å². The number of hydrogen-bond donors (Lipinski definition) is 1. The van der Waals surface area contributed by atoms with E-state index in [9.17, 15) is 4.79 Å². The Morgan fingerprint density at radius 1 is 1.19 bits per heavy atom. The fourth-order valence-electron chi connectivity index (χ4n) is 2.84. The largest absolute Gasteiger partial charge is 0.440 e. The Labute approximate surface area is 161 Å². The van der Waals surface area contributed by atoms with Crippen molar-refractivity contribution in [1.82, 2.24) is 14.4 Å². The van der Waals surface area contributed by atoms with Gasteiger partial charge in [-0.25, -0.2) is 9.97 Å². The molecular weight excluding hydrogens is 360 g/mol. The predicted octanol–water partition coefficient (Wildman–Crippen LogP) is 4.75. The first-order valence-corrected chi connectivity index (χ1v) is 9.83. The molecule has 0 radical (unpaired) electrons. The summed E-state index contributed by atoms with van der Waals surface area (Å²) in [6.07, 6.45) is 3.84. The van der Waals surface area contributed by atoms with Crippen molar-refractivity contribution in [2.24, 2.45) is 0 Å². The average Bonchev–Trinajstić information content (AvgIpc) is 3.22. The highest BCUT2D eigenvalue weighted by atomic mass is 32.2. The number of rotatable bonds is 3. The topological polar surface area (TPSA) is 72.4 Å². The Bertz CT molecular complexity index is 1150. The molecule has 0 atom stereocenters. The Hall–Kier alpha value is -2.80. The van der Waals surface area contributed by atoms with E-state index in [-0.39, 0.29) is 11.3 Å². The molecule has 0 saturated carbocycles. The second kappa shape index (κ2) is 6.42. The van der Waals surface area contributed by atoms with Gasteiger partial charge in [0.05, 0.1) is 5.52 Å². The van der Waals surface area contributed by atoms with Gasteiger partial charge in [-0.15, -0.1) is 0 Å². The first-order chi connectivity index (χ1) is 12.9. The third kappa shape index (κ3) is 3.19. The summed E-state index contributed by atoms with van der Waals surface area (Å²) in [5, 5.41) is 3.70. The van der Waals surface area contributed by atoms with Crippen LogP contribution >= 0.6 is 11.8 Å². The standard InChI is InChI=1S/C20H20N4O2S/c1-20(2,3)18-22-13-11-12(8-9-15(13)26-18)21-17(25)16-14-7-5-6-10-24(14)19(23-16)27-4/h5-11H,1-4H3,(H,21,25). The molecule has 138 valence electrons. The molecular formula is C20H20N4O2S. The number of nitrogens with zero attached hydrogens (tertiary/aromatic N) is 3. The number of pyridine rings is 1. The Morgan fingerprint density at radius 3 is 2.74 bits per heavy atom. The SMILES string of the molecule is CSc1nc(C(=O)Nc2ccc3oc(C(C)(C)C)nc3c2)c2ccccn12. The van der Waals surface area contributed by atoms with Gasteiger partial charge < -0.3 is 9.73 Å². The minimum Gasteiger partial charge on any atom is -0.440 e. The van der Waals surface area contributed by atoms with Crippen molar-refractivity contribution >= 4 is 40.0 Å². The highest BCUT2D eigenvalue weighted by Gasteiger charge is 2.21. The normalized spacial score (nSPS) is 12.0. The number of imidazole rings is 1. The minimum absolute atomic E-state index is 0.175. The van der Waals surface area contributed by atoms with Crippen LogP contribution in [-0.2, 0) is 5.41 Å². The van der Waals surface area contributed by atoms with Crippen molar-refractivity contribution in [2.75, 3.05) is 11.6 Å². The number of carbonyl (C=O) groups is 1. The number of hydrogen-bond acceptors (Lipinski definition) is 5. The average molecular weight is 380 g/mol. The lowest BCUT2D eigenvalue weighted by molar-refractivity contribution is 0.102. The molecule has 0 aliphatic carbocycles. The van der Waals surface area contributed by atoms with E-state index in [1.807, 2.05) is 74.0 Å². The number of anilines is 1. The van der Waals surface area contributed by atoms with E-state index < -0.39 is 0 Å². The zero-order chi connectivity index (χ0) is 19.2. The van der Waals surface area contributed by atoms with E-state index in [1.54, 1.807) is 0 Å². The summed E-state index contributed by atoms with van der Waals surface area (Å²) >= 11 is 1.50. The maximum atomic E-state index is 12.8. The zero-order valence-corrected chi connectivity index (χ0v) is 16.4. The monoisotopic (exact) mass is 380 g/mol. The molecule has 7 heteroatoms. The van der Waals surface area contributed by atoms with Gasteiger partial charge in [-0.1, -0.05) is 38.6 Å². The second-order valence-electron chi connectivity index (χ2n) is 7.31. The fraction of sp³-hybridized carbons (Fsp3) is 0.250. The molecule has 0 fully saturated rings. The van der Waals surface area contributed by atoms with E-state index >= 15 is 0 Å². The van der Waals surface area contributed by atoms with Crippen LogP contribution in [0.5, 0.6) is 0 Å². The van der Waals surface area contributed by atoms with Gasteiger partial charge in [-0.3, -0.25) is 9.20 Å². The predicted molar refractivity (Wildman–Crippen MR) is 108 cm³/mol. The molecule has 0 aliphatic rings. The van der Waals surface area contributed by atoms with Gasteiger partial charge in [0.25, 0.3) is 5.91 Å². The van der Waals surface area contributed by atoms with Crippen molar-refractivity contribution in [1.29, 1.82) is 0 Å². The van der Waals surface area contributed by atoms with E-state index in [4.69, 9.17) is 4.42 Å². The van der Waals surface area contributed by atoms with Crippen LogP contribution < -0.4 is 5.32 Å². The molecule has 4 aromatic rings. The Balaban J connectivity index is 1.67. The first kappa shape index (κ1) is 17.6. The van der Waals surface area contributed by atoms with Gasteiger partial charge in [-0.05, 0) is 36.6 Å². The van der Waals surface area contributed by atoms with Crippen LogP contribution in [-0.4, -0.2) is 26.5 Å². The number of amides is 1. The molecule has 3 aromatic heterocycles. The zero-order valence-electron chi connectivity index (χ0n) is 15.6. The molecule has 3 heterocycles. The summed E-state index contributed by atoms with van der Waals surface area (Å²) in [5.74, 6) is 0.420. The first-order valence-electron chi connectivity index (χ1n) is 8.60. The molecule has 6 nitrogen and oxygen atoms in total. The third-order valence-electron chi connectivity index (χ3n) is 4.20. The van der Waals surface area contributed by atoms with E-state index in [0.717, 1.165) is 16.2 Å². The number of fused-ring (bicyclic) bond motifs is 2. The maximum Gasteiger partial charge on any atom is 0.276 e. The summed E-state index contributed by atoms with van der Waals surface area (Å²) in [6.45, 7) is 6.15. The van der Waals surface area contributed by atoms with Crippen LogP contribution in [0.4, 0.5) is 5.69 Å². The lowest BCUT2D eigenvalue weighted by atomic mass is 9.97. The number of carbonyl (C=O) groups excluding carboxylic acids is 1. The highest BCUT2D eigenvalue weighted by Crippen LogP contribution is 2.28. The highest BCUT2D eigenvalue weighted by molar-refractivity contribution is 7.98. The summed E-state index contributed by atoms with van der Waals surface area (Å²) < 4.78 is 7.72. The van der Waals surface area contributed by atoms with Gasteiger partial charge in [0.1, 0.15) is 5.52 Å². The van der Waals surface area contributed by atoms with E-state index in [1.165, 1.54) is 11.8 Å². The van der Waals surface area contributed by atoms with E-state index in [0.29, 0.717) is 22.9 Å². The molecule has 0 aliphatic heterocycles. The molecule has 1 aromatic carbocycles. The van der Waals surface area contributed by atoms with Crippen LogP contribution in [0.2, 0.25) is 0 Å². The van der Waals surface area contributed by atoms with Crippen LogP contribution in [0.25, 0.3) is 16.6 Å². The quantitative estimate of drug-likeness (QED) is 0.519. The second-order valence-corrected chi connectivity index (χ2v) is 8.08. The van der Waals surface area contributed by atoms with Crippen molar-refractivity contribution in [3.63, 3.8) is 0 Å².